The number of nitrogens with zero attached hydrogens (tertiary/aromatic N) is 1. The molecule has 27 heavy (non-hydrogen) atoms. The van der Waals surface area contributed by atoms with Gasteiger partial charge in [-0.15, -0.1) is 0 Å². The standard InChI is InChI=1S/C19H36N2O3.C2H4O/c1-6-11-16(19(23)24-8-3)20-14(4)18(22)21(5)17-13-10-9-12-15(17)7-2;1-2-3/h14-17,20H,6-13H2,1-5H3;2H,1H3. The summed E-state index contributed by atoms with van der Waals surface area (Å²) < 4.78 is 5.12. The Morgan fingerprint density at radius 1 is 1.22 bits per heavy atom. The van der Waals surface area contributed by atoms with Gasteiger partial charge in [-0.2, -0.15) is 0 Å². The van der Waals surface area contributed by atoms with Crippen LogP contribution in [0.25, 0.3) is 0 Å². The van der Waals surface area contributed by atoms with E-state index in [1.807, 2.05) is 25.8 Å². The maximum atomic E-state index is 12.8. The Morgan fingerprint density at radius 3 is 2.33 bits per heavy atom. The van der Waals surface area contributed by atoms with Crippen LogP contribution >= 0.6 is 0 Å². The molecule has 4 unspecified atom stereocenters. The van der Waals surface area contributed by atoms with E-state index in [2.05, 4.69) is 12.2 Å². The minimum atomic E-state index is -0.407. The number of ether oxygens (including phenoxy) is 1. The average Bonchev–Trinajstić information content (AvgIpc) is 2.67. The van der Waals surface area contributed by atoms with Gasteiger partial charge in [-0.25, -0.2) is 0 Å². The first kappa shape index (κ1) is 25.6. The van der Waals surface area contributed by atoms with Crippen LogP contribution in [0.4, 0.5) is 0 Å². The molecule has 0 aromatic rings. The van der Waals surface area contributed by atoms with Crippen molar-refractivity contribution in [1.29, 1.82) is 0 Å². The Kier molecular flexibility index (Phi) is 13.8. The number of rotatable bonds is 9. The van der Waals surface area contributed by atoms with Gasteiger partial charge in [-0.1, -0.05) is 39.5 Å². The van der Waals surface area contributed by atoms with Gasteiger partial charge in [0.15, 0.2) is 0 Å². The highest BCUT2D eigenvalue weighted by atomic mass is 16.5. The Hall–Kier alpha value is -1.43. The highest BCUT2D eigenvalue weighted by Crippen LogP contribution is 2.30. The van der Waals surface area contributed by atoms with Crippen molar-refractivity contribution in [3.05, 3.63) is 0 Å². The number of hydrogen-bond donors (Lipinski definition) is 1. The van der Waals surface area contributed by atoms with E-state index >= 15 is 0 Å². The third-order valence-electron chi connectivity index (χ3n) is 5.21. The van der Waals surface area contributed by atoms with Gasteiger partial charge >= 0.3 is 5.97 Å². The average molecular weight is 385 g/mol. The number of nitrogens with one attached hydrogen (secondary N) is 1. The molecule has 0 aliphatic heterocycles. The fraction of sp³-hybridized carbons (Fsp3) is 0.857. The Morgan fingerprint density at radius 2 is 1.81 bits per heavy atom. The molecule has 4 atom stereocenters. The number of hydrogen-bond acceptors (Lipinski definition) is 5. The van der Waals surface area contributed by atoms with E-state index < -0.39 is 6.04 Å². The number of carbonyl (C=O) groups excluding carboxylic acids is 3. The summed E-state index contributed by atoms with van der Waals surface area (Å²) in [5, 5.41) is 3.19. The summed E-state index contributed by atoms with van der Waals surface area (Å²) in [4.78, 5) is 35.6. The van der Waals surface area contributed by atoms with Gasteiger partial charge in [0.05, 0.1) is 12.6 Å². The van der Waals surface area contributed by atoms with Gasteiger partial charge in [0.2, 0.25) is 5.91 Å². The lowest BCUT2D eigenvalue weighted by Crippen LogP contribution is -2.53. The molecule has 1 saturated carbocycles. The Bertz CT molecular complexity index is 442. The molecule has 1 amide bonds. The maximum Gasteiger partial charge on any atom is 0.323 e. The first-order chi connectivity index (χ1) is 12.9. The van der Waals surface area contributed by atoms with Crippen molar-refractivity contribution in [2.75, 3.05) is 13.7 Å². The molecule has 1 fully saturated rings. The second-order valence-electron chi connectivity index (χ2n) is 7.19. The van der Waals surface area contributed by atoms with E-state index in [1.165, 1.54) is 26.2 Å². The second kappa shape index (κ2) is 14.6. The lowest BCUT2D eigenvalue weighted by atomic mass is 9.82. The van der Waals surface area contributed by atoms with Crippen molar-refractivity contribution < 1.29 is 19.1 Å². The predicted molar refractivity (Wildman–Crippen MR) is 108 cm³/mol. The van der Waals surface area contributed by atoms with Gasteiger partial charge < -0.3 is 14.4 Å². The number of aldehydes is 1. The molecular weight excluding hydrogens is 344 g/mol. The van der Waals surface area contributed by atoms with Gasteiger partial charge in [0, 0.05) is 13.1 Å². The molecule has 0 heterocycles. The molecule has 0 bridgehead atoms. The van der Waals surface area contributed by atoms with E-state index in [0.717, 1.165) is 25.5 Å². The molecule has 0 aromatic carbocycles. The van der Waals surface area contributed by atoms with E-state index in [0.29, 0.717) is 25.0 Å². The third kappa shape index (κ3) is 8.87. The van der Waals surface area contributed by atoms with Crippen molar-refractivity contribution >= 4 is 18.2 Å². The first-order valence-corrected chi connectivity index (χ1v) is 10.5. The molecule has 6 nitrogen and oxygen atoms in total. The lowest BCUT2D eigenvalue weighted by Gasteiger charge is -2.39. The zero-order valence-electron chi connectivity index (χ0n) is 18.1. The lowest BCUT2D eigenvalue weighted by molar-refractivity contribution is -0.146. The molecule has 1 N–H and O–H groups in total. The Balaban J connectivity index is 0.00000210. The van der Waals surface area contributed by atoms with E-state index in [9.17, 15) is 9.59 Å². The zero-order chi connectivity index (χ0) is 20.8. The first-order valence-electron chi connectivity index (χ1n) is 10.5. The van der Waals surface area contributed by atoms with Crippen LogP contribution in [-0.2, 0) is 19.1 Å². The molecule has 0 aromatic heterocycles. The van der Waals surface area contributed by atoms with Crippen LogP contribution in [0.15, 0.2) is 0 Å². The summed E-state index contributed by atoms with van der Waals surface area (Å²) in [5.74, 6) is 0.410. The van der Waals surface area contributed by atoms with Crippen molar-refractivity contribution in [3.63, 3.8) is 0 Å². The molecule has 0 spiro atoms. The molecule has 158 valence electrons. The number of likely N-dealkylation sites (N-methyl/N-ethyl adjacent to an activating group) is 1. The fourth-order valence-corrected chi connectivity index (χ4v) is 3.82. The van der Waals surface area contributed by atoms with Crippen LogP contribution in [0, 0.1) is 5.92 Å². The van der Waals surface area contributed by atoms with Gasteiger partial charge in [-0.3, -0.25) is 14.9 Å². The van der Waals surface area contributed by atoms with Gasteiger partial charge in [0.1, 0.15) is 12.3 Å². The summed E-state index contributed by atoms with van der Waals surface area (Å²) >= 11 is 0. The minimum absolute atomic E-state index is 0.0748. The summed E-state index contributed by atoms with van der Waals surface area (Å²) in [6.07, 6.45) is 8.18. The Labute approximate surface area is 165 Å². The minimum Gasteiger partial charge on any atom is -0.465 e. The van der Waals surface area contributed by atoms with Crippen LogP contribution < -0.4 is 5.32 Å². The van der Waals surface area contributed by atoms with E-state index in [-0.39, 0.29) is 17.9 Å². The summed E-state index contributed by atoms with van der Waals surface area (Å²) in [6.45, 7) is 9.70. The van der Waals surface area contributed by atoms with Crippen LogP contribution in [0.2, 0.25) is 0 Å². The van der Waals surface area contributed by atoms with Crippen LogP contribution in [0.5, 0.6) is 0 Å². The number of amides is 1. The van der Waals surface area contributed by atoms with Crippen molar-refractivity contribution in [2.24, 2.45) is 5.92 Å². The molecule has 0 saturated heterocycles. The van der Waals surface area contributed by atoms with Crippen molar-refractivity contribution in [3.8, 4) is 0 Å². The highest BCUT2D eigenvalue weighted by Gasteiger charge is 2.32. The van der Waals surface area contributed by atoms with Crippen LogP contribution in [0.1, 0.15) is 79.6 Å². The molecule has 1 aliphatic rings. The second-order valence-corrected chi connectivity index (χ2v) is 7.19. The normalized spacial score (nSPS) is 21.3. The fourth-order valence-electron chi connectivity index (χ4n) is 3.82. The monoisotopic (exact) mass is 384 g/mol. The van der Waals surface area contributed by atoms with E-state index in [1.54, 1.807) is 6.92 Å². The van der Waals surface area contributed by atoms with Crippen molar-refractivity contribution in [2.45, 2.75) is 97.7 Å². The van der Waals surface area contributed by atoms with Crippen LogP contribution in [0.3, 0.4) is 0 Å². The molecule has 0 radical (unpaired) electrons. The van der Waals surface area contributed by atoms with Crippen LogP contribution in [-0.4, -0.2) is 54.8 Å². The molecule has 1 rings (SSSR count). The predicted octanol–water partition coefficient (Wildman–Crippen LogP) is 3.33. The van der Waals surface area contributed by atoms with E-state index in [4.69, 9.17) is 9.53 Å². The van der Waals surface area contributed by atoms with Gasteiger partial charge in [0.25, 0.3) is 0 Å². The molecule has 1 aliphatic carbocycles. The summed E-state index contributed by atoms with van der Waals surface area (Å²) in [7, 11) is 1.92. The largest absolute Gasteiger partial charge is 0.465 e. The SMILES string of the molecule is CC=O.CCCC(NC(C)C(=O)N(C)C1CCCCC1CC)C(=O)OCC. The topological polar surface area (TPSA) is 75.7 Å². The third-order valence-corrected chi connectivity index (χ3v) is 5.21. The zero-order valence-corrected chi connectivity index (χ0v) is 18.1. The van der Waals surface area contributed by atoms with Gasteiger partial charge in [-0.05, 0) is 46.0 Å². The molecular formula is C21H40N2O4. The maximum absolute atomic E-state index is 12.8. The quantitative estimate of drug-likeness (QED) is 0.487. The number of carbonyl (C=O) groups is 3. The summed E-state index contributed by atoms with van der Waals surface area (Å²) in [5.41, 5.74) is 0. The smallest absolute Gasteiger partial charge is 0.323 e. The number of esters is 1. The summed E-state index contributed by atoms with van der Waals surface area (Å²) in [6, 6.07) is -0.460. The highest BCUT2D eigenvalue weighted by molar-refractivity contribution is 5.83. The molecule has 6 heteroatoms. The van der Waals surface area contributed by atoms with Crippen molar-refractivity contribution in [1.82, 2.24) is 10.2 Å².